The van der Waals surface area contributed by atoms with Crippen molar-refractivity contribution in [1.82, 2.24) is 0 Å². The number of hydrogen-bond acceptors (Lipinski definition) is 3. The Labute approximate surface area is 90.9 Å². The molecule has 0 unspecified atom stereocenters. The summed E-state index contributed by atoms with van der Waals surface area (Å²) in [5.41, 5.74) is 8.52. The van der Waals surface area contributed by atoms with Gasteiger partial charge in [0.25, 0.3) is 0 Å². The predicted octanol–water partition coefficient (Wildman–Crippen LogP) is 2.27. The highest BCUT2D eigenvalue weighted by molar-refractivity contribution is 5.65. The molecule has 0 saturated carbocycles. The molecule has 0 aliphatic carbocycles. The monoisotopic (exact) mass is 206 g/mol. The highest BCUT2D eigenvalue weighted by Gasteiger charge is 1.95. The lowest BCUT2D eigenvalue weighted by atomic mass is 10.3. The van der Waals surface area contributed by atoms with Crippen molar-refractivity contribution in [2.45, 2.75) is 6.92 Å². The summed E-state index contributed by atoms with van der Waals surface area (Å²) in [6.45, 7) is 7.73. The van der Waals surface area contributed by atoms with Gasteiger partial charge in [-0.2, -0.15) is 0 Å². The first-order valence-electron chi connectivity index (χ1n) is 5.00. The summed E-state index contributed by atoms with van der Waals surface area (Å²) in [6, 6.07) is 7.69. The van der Waals surface area contributed by atoms with Gasteiger partial charge in [-0.3, -0.25) is 0 Å². The summed E-state index contributed by atoms with van der Waals surface area (Å²) in [5, 5.41) is 3.21. The van der Waals surface area contributed by atoms with E-state index in [0.717, 1.165) is 23.5 Å². The Morgan fingerprint density at radius 3 is 2.87 bits per heavy atom. The number of rotatable bonds is 6. The van der Waals surface area contributed by atoms with Crippen LogP contribution in [0.5, 0.6) is 0 Å². The Kier molecular flexibility index (Phi) is 4.71. The number of ether oxygens (including phenoxy) is 1. The molecule has 1 aromatic rings. The van der Waals surface area contributed by atoms with E-state index in [4.69, 9.17) is 10.5 Å². The highest BCUT2D eigenvalue weighted by Crippen LogP contribution is 2.15. The minimum absolute atomic E-state index is 0.617. The van der Waals surface area contributed by atoms with Gasteiger partial charge in [-0.15, -0.1) is 0 Å². The Morgan fingerprint density at radius 2 is 2.20 bits per heavy atom. The summed E-state index contributed by atoms with van der Waals surface area (Å²) < 4.78 is 5.35. The van der Waals surface area contributed by atoms with Crippen molar-refractivity contribution in [3.8, 4) is 0 Å². The standard InChI is InChI=1S/C12H18N2O/c1-10(2)9-15-8-7-14-12-6-4-3-5-11(12)13/h3-6,14H,1,7-9,13H2,2H3. The van der Waals surface area contributed by atoms with Crippen molar-refractivity contribution in [2.75, 3.05) is 30.8 Å². The van der Waals surface area contributed by atoms with E-state index < -0.39 is 0 Å². The second-order valence-electron chi connectivity index (χ2n) is 3.52. The maximum Gasteiger partial charge on any atom is 0.0672 e. The Balaban J connectivity index is 2.21. The van der Waals surface area contributed by atoms with E-state index in [9.17, 15) is 0 Å². The molecule has 0 spiro atoms. The Morgan fingerprint density at radius 1 is 1.47 bits per heavy atom. The number of anilines is 2. The molecule has 0 fully saturated rings. The van der Waals surface area contributed by atoms with Gasteiger partial charge in [0.15, 0.2) is 0 Å². The van der Waals surface area contributed by atoms with Gasteiger partial charge in [-0.1, -0.05) is 24.3 Å². The van der Waals surface area contributed by atoms with Crippen LogP contribution in [0.2, 0.25) is 0 Å². The molecule has 1 aromatic carbocycles. The molecule has 1 rings (SSSR count). The molecule has 0 amide bonds. The molecule has 0 saturated heterocycles. The first kappa shape index (κ1) is 11.6. The van der Waals surface area contributed by atoms with Gasteiger partial charge in [0.05, 0.1) is 24.6 Å². The maximum atomic E-state index is 5.77. The van der Waals surface area contributed by atoms with Gasteiger partial charge in [-0.25, -0.2) is 0 Å². The fraction of sp³-hybridized carbons (Fsp3) is 0.333. The van der Waals surface area contributed by atoms with Crippen LogP contribution in [-0.2, 0) is 4.74 Å². The van der Waals surface area contributed by atoms with Crippen LogP contribution < -0.4 is 11.1 Å². The second kappa shape index (κ2) is 6.09. The fourth-order valence-electron chi connectivity index (χ4n) is 1.16. The molecule has 3 N–H and O–H groups in total. The molecule has 0 aliphatic rings. The Hall–Kier alpha value is -1.48. The first-order valence-corrected chi connectivity index (χ1v) is 5.00. The topological polar surface area (TPSA) is 47.3 Å². The Bertz CT molecular complexity index is 323. The average Bonchev–Trinajstić information content (AvgIpc) is 2.20. The van der Waals surface area contributed by atoms with E-state index >= 15 is 0 Å². The molecule has 0 radical (unpaired) electrons. The predicted molar refractivity (Wildman–Crippen MR) is 65.0 cm³/mol. The number of nitrogens with one attached hydrogen (secondary N) is 1. The molecule has 0 heterocycles. The highest BCUT2D eigenvalue weighted by atomic mass is 16.5. The molecular formula is C12H18N2O. The van der Waals surface area contributed by atoms with Crippen LogP contribution in [0, 0.1) is 0 Å². The summed E-state index contributed by atoms with van der Waals surface area (Å²) >= 11 is 0. The third kappa shape index (κ3) is 4.51. The van der Waals surface area contributed by atoms with E-state index in [2.05, 4.69) is 11.9 Å². The average molecular weight is 206 g/mol. The van der Waals surface area contributed by atoms with Gasteiger partial charge in [0, 0.05) is 6.54 Å². The minimum Gasteiger partial charge on any atom is -0.397 e. The first-order chi connectivity index (χ1) is 7.20. The van der Waals surface area contributed by atoms with Crippen LogP contribution in [0.3, 0.4) is 0 Å². The van der Waals surface area contributed by atoms with Crippen LogP contribution in [0.4, 0.5) is 11.4 Å². The van der Waals surface area contributed by atoms with Crippen LogP contribution in [-0.4, -0.2) is 19.8 Å². The van der Waals surface area contributed by atoms with Crippen molar-refractivity contribution in [1.29, 1.82) is 0 Å². The van der Waals surface area contributed by atoms with Crippen LogP contribution in [0.15, 0.2) is 36.4 Å². The van der Waals surface area contributed by atoms with Gasteiger partial charge in [-0.05, 0) is 19.1 Å². The molecule has 82 valence electrons. The fourth-order valence-corrected chi connectivity index (χ4v) is 1.16. The summed E-state index contributed by atoms with van der Waals surface area (Å²) in [7, 11) is 0. The zero-order valence-corrected chi connectivity index (χ0v) is 9.12. The van der Waals surface area contributed by atoms with Gasteiger partial charge < -0.3 is 15.8 Å². The quantitative estimate of drug-likeness (QED) is 0.426. The number of hydrogen-bond donors (Lipinski definition) is 2. The third-order valence-electron chi connectivity index (χ3n) is 1.87. The van der Waals surface area contributed by atoms with Crippen LogP contribution >= 0.6 is 0 Å². The third-order valence-corrected chi connectivity index (χ3v) is 1.87. The van der Waals surface area contributed by atoms with E-state index in [0.29, 0.717) is 13.2 Å². The molecule has 15 heavy (non-hydrogen) atoms. The van der Waals surface area contributed by atoms with Crippen LogP contribution in [0.1, 0.15) is 6.92 Å². The lowest BCUT2D eigenvalue weighted by Crippen LogP contribution is -2.11. The number of para-hydroxylation sites is 2. The van der Waals surface area contributed by atoms with Crippen molar-refractivity contribution >= 4 is 11.4 Å². The second-order valence-corrected chi connectivity index (χ2v) is 3.52. The largest absolute Gasteiger partial charge is 0.397 e. The van der Waals surface area contributed by atoms with Crippen molar-refractivity contribution in [3.63, 3.8) is 0 Å². The zero-order chi connectivity index (χ0) is 11.1. The van der Waals surface area contributed by atoms with Gasteiger partial charge in [0.2, 0.25) is 0 Å². The molecule has 3 nitrogen and oxygen atoms in total. The van der Waals surface area contributed by atoms with Crippen LogP contribution in [0.25, 0.3) is 0 Å². The number of nitrogen functional groups attached to an aromatic ring is 1. The van der Waals surface area contributed by atoms with E-state index in [1.165, 1.54) is 0 Å². The molecule has 3 heteroatoms. The smallest absolute Gasteiger partial charge is 0.0672 e. The number of benzene rings is 1. The molecule has 0 atom stereocenters. The van der Waals surface area contributed by atoms with Gasteiger partial charge >= 0.3 is 0 Å². The van der Waals surface area contributed by atoms with Gasteiger partial charge in [0.1, 0.15) is 0 Å². The molecular weight excluding hydrogens is 188 g/mol. The summed E-state index contributed by atoms with van der Waals surface area (Å²) in [6.07, 6.45) is 0. The van der Waals surface area contributed by atoms with Crippen molar-refractivity contribution in [3.05, 3.63) is 36.4 Å². The van der Waals surface area contributed by atoms with E-state index in [1.807, 2.05) is 31.2 Å². The van der Waals surface area contributed by atoms with E-state index in [1.54, 1.807) is 0 Å². The maximum absolute atomic E-state index is 5.77. The molecule has 0 aromatic heterocycles. The number of nitrogens with two attached hydrogens (primary N) is 1. The van der Waals surface area contributed by atoms with E-state index in [-0.39, 0.29) is 0 Å². The summed E-state index contributed by atoms with van der Waals surface area (Å²) in [5.74, 6) is 0. The normalized spacial score (nSPS) is 9.93. The lowest BCUT2D eigenvalue weighted by Gasteiger charge is -2.09. The SMILES string of the molecule is C=C(C)COCCNc1ccccc1N. The zero-order valence-electron chi connectivity index (χ0n) is 9.12. The van der Waals surface area contributed by atoms with Crippen molar-refractivity contribution in [2.24, 2.45) is 0 Å². The summed E-state index contributed by atoms with van der Waals surface area (Å²) in [4.78, 5) is 0. The minimum atomic E-state index is 0.617. The molecule has 0 bridgehead atoms. The lowest BCUT2D eigenvalue weighted by molar-refractivity contribution is 0.167. The van der Waals surface area contributed by atoms with Crippen molar-refractivity contribution < 1.29 is 4.74 Å². The molecule has 0 aliphatic heterocycles.